The van der Waals surface area contributed by atoms with Crippen LogP contribution in [-0.2, 0) is 6.42 Å². The van der Waals surface area contributed by atoms with Gasteiger partial charge in [0.25, 0.3) is 0 Å². The summed E-state index contributed by atoms with van der Waals surface area (Å²) in [6.45, 7) is 4.52. The molecule has 23 heavy (non-hydrogen) atoms. The van der Waals surface area contributed by atoms with E-state index in [0.717, 1.165) is 19.3 Å². The molecule has 0 spiro atoms. The summed E-state index contributed by atoms with van der Waals surface area (Å²) < 4.78 is 0. The Morgan fingerprint density at radius 1 is 1.30 bits per heavy atom. The van der Waals surface area contributed by atoms with Crippen molar-refractivity contribution in [2.45, 2.75) is 58.0 Å². The van der Waals surface area contributed by atoms with Crippen LogP contribution in [0, 0.1) is 23.2 Å². The summed E-state index contributed by atoms with van der Waals surface area (Å²) in [4.78, 5) is 0. The van der Waals surface area contributed by atoms with Crippen molar-refractivity contribution in [3.8, 4) is 5.75 Å². The number of hydrogen-bond donors (Lipinski definition) is 2. The van der Waals surface area contributed by atoms with E-state index in [2.05, 4.69) is 32.1 Å². The van der Waals surface area contributed by atoms with E-state index in [0.29, 0.717) is 34.8 Å². The summed E-state index contributed by atoms with van der Waals surface area (Å²) in [6, 6.07) is 5.98. The van der Waals surface area contributed by atoms with E-state index in [1.165, 1.54) is 24.0 Å². The van der Waals surface area contributed by atoms with Crippen molar-refractivity contribution < 1.29 is 10.2 Å². The number of benzene rings is 1. The van der Waals surface area contributed by atoms with E-state index in [1.807, 2.05) is 12.1 Å². The summed E-state index contributed by atoms with van der Waals surface area (Å²) in [6.07, 6.45) is 9.86. The molecule has 0 heterocycles. The molecule has 6 atom stereocenters. The van der Waals surface area contributed by atoms with Crippen molar-refractivity contribution in [3.05, 3.63) is 41.5 Å². The van der Waals surface area contributed by atoms with Crippen LogP contribution in [0.15, 0.2) is 30.4 Å². The van der Waals surface area contributed by atoms with Crippen LogP contribution >= 0.6 is 0 Å². The lowest BCUT2D eigenvalue weighted by atomic mass is 9.53. The topological polar surface area (TPSA) is 40.5 Å². The summed E-state index contributed by atoms with van der Waals surface area (Å²) in [5, 5.41) is 20.2. The number of rotatable bonds is 1. The highest BCUT2D eigenvalue weighted by Crippen LogP contribution is 2.62. The number of phenols is 1. The van der Waals surface area contributed by atoms with Gasteiger partial charge in [-0.1, -0.05) is 25.1 Å². The zero-order valence-corrected chi connectivity index (χ0v) is 14.2. The maximum Gasteiger partial charge on any atom is 0.115 e. The van der Waals surface area contributed by atoms with E-state index in [9.17, 15) is 10.2 Å². The van der Waals surface area contributed by atoms with Crippen LogP contribution < -0.4 is 0 Å². The van der Waals surface area contributed by atoms with Crippen molar-refractivity contribution >= 4 is 0 Å². The Balaban J connectivity index is 1.79. The highest BCUT2D eigenvalue weighted by Gasteiger charge is 2.54. The molecule has 0 amide bonds. The molecule has 124 valence electrons. The molecule has 2 fully saturated rings. The van der Waals surface area contributed by atoms with Gasteiger partial charge in [-0.2, -0.15) is 0 Å². The van der Waals surface area contributed by atoms with Crippen molar-refractivity contribution in [2.24, 2.45) is 23.2 Å². The highest BCUT2D eigenvalue weighted by molar-refractivity contribution is 5.41. The van der Waals surface area contributed by atoms with E-state index < -0.39 is 0 Å². The first-order chi connectivity index (χ1) is 11.0. The molecule has 0 unspecified atom stereocenters. The predicted octanol–water partition coefficient (Wildman–Crippen LogP) is 4.41. The Labute approximate surface area is 139 Å². The number of allylic oxidation sites excluding steroid dienone is 2. The van der Waals surface area contributed by atoms with Gasteiger partial charge in [0.2, 0.25) is 0 Å². The lowest BCUT2D eigenvalue weighted by molar-refractivity contribution is 0.0391. The van der Waals surface area contributed by atoms with Crippen LogP contribution in [0.3, 0.4) is 0 Å². The van der Waals surface area contributed by atoms with Gasteiger partial charge < -0.3 is 10.2 Å². The number of fused-ring (bicyclic) bond motifs is 5. The molecule has 2 nitrogen and oxygen atoms in total. The zero-order chi connectivity index (χ0) is 16.2. The van der Waals surface area contributed by atoms with Crippen molar-refractivity contribution in [1.82, 2.24) is 0 Å². The van der Waals surface area contributed by atoms with Crippen LogP contribution in [0.5, 0.6) is 5.75 Å². The number of aliphatic hydroxyl groups excluding tert-OH is 1. The molecule has 0 saturated heterocycles. The van der Waals surface area contributed by atoms with Gasteiger partial charge in [-0.3, -0.25) is 0 Å². The first-order valence-electron chi connectivity index (χ1n) is 9.14. The van der Waals surface area contributed by atoms with Crippen molar-refractivity contribution in [1.29, 1.82) is 0 Å². The van der Waals surface area contributed by atoms with Gasteiger partial charge >= 0.3 is 0 Å². The van der Waals surface area contributed by atoms with Crippen molar-refractivity contribution in [2.75, 3.05) is 0 Å². The molecule has 3 aliphatic carbocycles. The molecule has 0 aliphatic heterocycles. The Hall–Kier alpha value is -1.28. The molecule has 0 radical (unpaired) electrons. The maximum atomic E-state index is 10.3. The molecule has 2 heteroatoms. The molecule has 0 aromatic heterocycles. The van der Waals surface area contributed by atoms with E-state index in [1.54, 1.807) is 0 Å². The van der Waals surface area contributed by atoms with Crippen molar-refractivity contribution in [3.63, 3.8) is 0 Å². The van der Waals surface area contributed by atoms with Gasteiger partial charge in [0.15, 0.2) is 0 Å². The van der Waals surface area contributed by atoms with Gasteiger partial charge in [-0.25, -0.2) is 0 Å². The predicted molar refractivity (Wildman–Crippen MR) is 92.4 cm³/mol. The van der Waals surface area contributed by atoms with Gasteiger partial charge in [-0.15, -0.1) is 0 Å². The third-order valence-corrected chi connectivity index (χ3v) is 6.99. The number of phenolic OH excluding ortho intramolecular Hbond substituents is 1. The molecule has 2 N–H and O–H groups in total. The average molecular weight is 312 g/mol. The average Bonchev–Trinajstić information content (AvgIpc) is 2.81. The fraction of sp³-hybridized carbons (Fsp3) is 0.619. The molecule has 0 bridgehead atoms. The van der Waals surface area contributed by atoms with E-state index in [-0.39, 0.29) is 6.10 Å². The molecule has 1 aromatic rings. The first-order valence-corrected chi connectivity index (χ1v) is 9.14. The zero-order valence-electron chi connectivity index (χ0n) is 14.2. The Kier molecular flexibility index (Phi) is 3.57. The monoisotopic (exact) mass is 312 g/mol. The minimum Gasteiger partial charge on any atom is -0.508 e. The fourth-order valence-corrected chi connectivity index (χ4v) is 6.14. The quantitative estimate of drug-likeness (QED) is 0.754. The van der Waals surface area contributed by atoms with Gasteiger partial charge in [0.1, 0.15) is 5.75 Å². The van der Waals surface area contributed by atoms with Gasteiger partial charge in [-0.05, 0) is 91.4 Å². The van der Waals surface area contributed by atoms with Crippen LogP contribution in [0.4, 0.5) is 0 Å². The van der Waals surface area contributed by atoms with E-state index in [4.69, 9.17) is 0 Å². The standard InChI is InChI=1S/C21H28O2/c1-3-4-13-9-14-10-15(22)5-6-17(14)18-7-8-21(2)12-16(23)11-19(21)20(13)18/h3-6,10,13,16,18-20,22-23H,7-9,11-12H2,1-2H3/t13-,16+,18-,19+,20-,21-/m1/s1. The lowest BCUT2D eigenvalue weighted by Gasteiger charge is -2.51. The minimum absolute atomic E-state index is 0.115. The number of aliphatic hydroxyl groups is 1. The third kappa shape index (κ3) is 2.34. The highest BCUT2D eigenvalue weighted by atomic mass is 16.3. The molecule has 3 aliphatic rings. The summed E-state index contributed by atoms with van der Waals surface area (Å²) in [5.74, 6) is 2.77. The fourth-order valence-electron chi connectivity index (χ4n) is 6.14. The van der Waals surface area contributed by atoms with Crippen LogP contribution in [-0.4, -0.2) is 16.3 Å². The second-order valence-corrected chi connectivity index (χ2v) is 8.35. The Morgan fingerprint density at radius 3 is 2.91 bits per heavy atom. The number of aromatic hydroxyl groups is 1. The molecule has 4 rings (SSSR count). The van der Waals surface area contributed by atoms with Crippen LogP contribution in [0.2, 0.25) is 0 Å². The minimum atomic E-state index is -0.115. The molecular formula is C21H28O2. The Bertz CT molecular complexity index is 635. The summed E-state index contributed by atoms with van der Waals surface area (Å²) in [5.41, 5.74) is 3.10. The molecular weight excluding hydrogens is 284 g/mol. The number of hydrogen-bond acceptors (Lipinski definition) is 2. The first kappa shape index (κ1) is 15.3. The largest absolute Gasteiger partial charge is 0.508 e. The Morgan fingerprint density at radius 2 is 2.13 bits per heavy atom. The lowest BCUT2D eigenvalue weighted by Crippen LogP contribution is -2.43. The molecule has 2 saturated carbocycles. The summed E-state index contributed by atoms with van der Waals surface area (Å²) >= 11 is 0. The van der Waals surface area contributed by atoms with Crippen LogP contribution in [0.1, 0.15) is 56.6 Å². The van der Waals surface area contributed by atoms with Crippen LogP contribution in [0.25, 0.3) is 0 Å². The normalized spacial score (nSPS) is 42.3. The third-order valence-electron chi connectivity index (χ3n) is 6.99. The van der Waals surface area contributed by atoms with Gasteiger partial charge in [0.05, 0.1) is 6.10 Å². The van der Waals surface area contributed by atoms with E-state index >= 15 is 0 Å². The maximum absolute atomic E-state index is 10.3. The second-order valence-electron chi connectivity index (χ2n) is 8.35. The summed E-state index contributed by atoms with van der Waals surface area (Å²) in [7, 11) is 0. The second kappa shape index (κ2) is 5.37. The smallest absolute Gasteiger partial charge is 0.115 e. The van der Waals surface area contributed by atoms with Gasteiger partial charge in [0, 0.05) is 0 Å². The SMILES string of the molecule is CC=C[C@@H]1Cc2cc(O)ccc2[C@H]2CC[C@]3(C)C[C@@H](O)C[C@H]3[C@H]12. The molecule has 1 aromatic carbocycles.